The number of nitrogens with one attached hydrogen (secondary N) is 2. The van der Waals surface area contributed by atoms with Gasteiger partial charge in [0.25, 0.3) is 5.91 Å². The molecular formula is C27H32ClN3O4. The minimum atomic E-state index is -0.691. The first-order chi connectivity index (χ1) is 16.9. The van der Waals surface area contributed by atoms with Gasteiger partial charge in [0.2, 0.25) is 5.91 Å². The van der Waals surface area contributed by atoms with Crippen LogP contribution in [0, 0.1) is 17.8 Å². The Kier molecular flexibility index (Phi) is 6.71. The molecule has 0 spiro atoms. The summed E-state index contributed by atoms with van der Waals surface area (Å²) < 4.78 is 0. The van der Waals surface area contributed by atoms with Gasteiger partial charge in [-0.15, -0.1) is 0 Å². The normalized spacial score (nSPS) is 26.8. The number of fused-ring (bicyclic) bond motifs is 2. The molecule has 5 rings (SSSR count). The Morgan fingerprint density at radius 1 is 1.20 bits per heavy atom. The molecular weight excluding hydrogens is 466 g/mol. The molecule has 2 saturated carbocycles. The lowest BCUT2D eigenvalue weighted by molar-refractivity contribution is -0.131. The minimum absolute atomic E-state index is 0.0674. The summed E-state index contributed by atoms with van der Waals surface area (Å²) in [6.45, 7) is 2.30. The lowest BCUT2D eigenvalue weighted by atomic mass is 9.91. The van der Waals surface area contributed by atoms with E-state index >= 15 is 0 Å². The van der Waals surface area contributed by atoms with Crippen LogP contribution in [-0.4, -0.2) is 51.9 Å². The van der Waals surface area contributed by atoms with Gasteiger partial charge in [0.05, 0.1) is 6.04 Å². The van der Waals surface area contributed by atoms with Gasteiger partial charge < -0.3 is 15.2 Å². The molecule has 1 saturated heterocycles. The third-order valence-corrected chi connectivity index (χ3v) is 8.60. The van der Waals surface area contributed by atoms with E-state index in [0.29, 0.717) is 36.5 Å². The highest BCUT2D eigenvalue weighted by molar-refractivity contribution is 6.35. The van der Waals surface area contributed by atoms with Crippen molar-refractivity contribution in [1.29, 1.82) is 0 Å². The first kappa shape index (κ1) is 24.0. The molecule has 0 radical (unpaired) electrons. The van der Waals surface area contributed by atoms with Crippen molar-refractivity contribution in [3.8, 4) is 0 Å². The Labute approximate surface area is 209 Å². The van der Waals surface area contributed by atoms with E-state index in [1.807, 2.05) is 12.1 Å². The molecule has 5 unspecified atom stereocenters. The lowest BCUT2D eigenvalue weighted by Crippen LogP contribution is -2.53. The summed E-state index contributed by atoms with van der Waals surface area (Å²) in [5.41, 5.74) is 1.18. The third-order valence-electron chi connectivity index (χ3n) is 8.27. The van der Waals surface area contributed by atoms with Crippen LogP contribution in [0.3, 0.4) is 0 Å². The number of carbonyl (C=O) groups is 4. The van der Waals surface area contributed by atoms with Crippen molar-refractivity contribution in [2.75, 3.05) is 6.54 Å². The number of aromatic nitrogens is 1. The van der Waals surface area contributed by atoms with Crippen LogP contribution >= 0.6 is 11.6 Å². The van der Waals surface area contributed by atoms with E-state index in [1.165, 1.54) is 0 Å². The van der Waals surface area contributed by atoms with Crippen LogP contribution in [0.2, 0.25) is 5.02 Å². The van der Waals surface area contributed by atoms with Gasteiger partial charge in [-0.25, -0.2) is 0 Å². The van der Waals surface area contributed by atoms with Crippen molar-refractivity contribution >= 4 is 45.9 Å². The summed E-state index contributed by atoms with van der Waals surface area (Å²) in [5.74, 6) is -0.208. The Bertz CT molecular complexity index is 1170. The van der Waals surface area contributed by atoms with Crippen molar-refractivity contribution in [3.05, 3.63) is 35.0 Å². The van der Waals surface area contributed by atoms with Crippen LogP contribution in [0.1, 0.15) is 68.8 Å². The number of halogens is 1. The zero-order valence-corrected chi connectivity index (χ0v) is 20.8. The van der Waals surface area contributed by atoms with Crippen LogP contribution in [0.15, 0.2) is 24.3 Å². The summed E-state index contributed by atoms with van der Waals surface area (Å²) >= 11 is 6.31. The second kappa shape index (κ2) is 9.76. The number of H-pyrrole nitrogens is 1. The van der Waals surface area contributed by atoms with Gasteiger partial charge in [-0.1, -0.05) is 31.0 Å². The van der Waals surface area contributed by atoms with Crippen molar-refractivity contribution in [3.63, 3.8) is 0 Å². The second-order valence-corrected chi connectivity index (χ2v) is 10.7. The summed E-state index contributed by atoms with van der Waals surface area (Å²) in [6, 6.07) is 5.91. The van der Waals surface area contributed by atoms with Crippen molar-refractivity contribution < 1.29 is 19.2 Å². The van der Waals surface area contributed by atoms with E-state index in [4.69, 9.17) is 11.6 Å². The second-order valence-electron chi connectivity index (χ2n) is 10.3. The largest absolute Gasteiger partial charge is 0.350 e. The molecule has 8 heteroatoms. The van der Waals surface area contributed by atoms with Crippen LogP contribution in [0.5, 0.6) is 0 Å². The lowest BCUT2D eigenvalue weighted by Gasteiger charge is -2.29. The number of nitrogens with zero attached hydrogens (tertiary/aromatic N) is 1. The van der Waals surface area contributed by atoms with Crippen LogP contribution in [-0.2, 0) is 14.4 Å². The van der Waals surface area contributed by atoms with Gasteiger partial charge in [0, 0.05) is 41.2 Å². The van der Waals surface area contributed by atoms with Gasteiger partial charge >= 0.3 is 0 Å². The number of hydrogen-bond donors (Lipinski definition) is 2. The maximum absolute atomic E-state index is 13.7. The standard InChI is InChI=1S/C27H32ClN3O4/c1-2-23(32)21(12-15-6-4-11-24(15)33)30-26(34)25-17-8-3-7-16(17)14-31(25)27(35)22-13-18-19(28)9-5-10-20(18)29-22/h5,9-10,13,15-17,21,25,29H,2-4,6-8,11-12,14H2,1H3,(H,30,34). The molecule has 2 aliphatic carbocycles. The predicted molar refractivity (Wildman–Crippen MR) is 133 cm³/mol. The zero-order chi connectivity index (χ0) is 24.7. The van der Waals surface area contributed by atoms with E-state index in [9.17, 15) is 19.2 Å². The molecule has 1 aromatic carbocycles. The third kappa shape index (κ3) is 4.51. The molecule has 7 nitrogen and oxygen atoms in total. The van der Waals surface area contributed by atoms with E-state index in [-0.39, 0.29) is 41.1 Å². The number of carbonyl (C=O) groups excluding carboxylic acids is 4. The van der Waals surface area contributed by atoms with Gasteiger partial charge in [0.1, 0.15) is 17.5 Å². The molecule has 3 fully saturated rings. The predicted octanol–water partition coefficient (Wildman–Crippen LogP) is 4.29. The van der Waals surface area contributed by atoms with Gasteiger partial charge in [0.15, 0.2) is 5.78 Å². The van der Waals surface area contributed by atoms with Crippen LogP contribution < -0.4 is 5.32 Å². The highest BCUT2D eigenvalue weighted by Gasteiger charge is 2.50. The number of hydrogen-bond acceptors (Lipinski definition) is 4. The molecule has 3 aliphatic rings. The molecule has 2 amide bonds. The van der Waals surface area contributed by atoms with E-state index < -0.39 is 12.1 Å². The fraction of sp³-hybridized carbons (Fsp3) is 0.556. The topological polar surface area (TPSA) is 99.3 Å². The maximum Gasteiger partial charge on any atom is 0.271 e. The average Bonchev–Trinajstić information content (AvgIpc) is 3.61. The monoisotopic (exact) mass is 497 g/mol. The summed E-state index contributed by atoms with van der Waals surface area (Å²) in [4.78, 5) is 57.1. The summed E-state index contributed by atoms with van der Waals surface area (Å²) in [6.07, 6.45) is 5.72. The van der Waals surface area contributed by atoms with Gasteiger partial charge in [-0.3, -0.25) is 19.2 Å². The zero-order valence-electron chi connectivity index (χ0n) is 20.0. The molecule has 0 bridgehead atoms. The average molecular weight is 498 g/mol. The molecule has 2 aromatic rings. The van der Waals surface area contributed by atoms with Gasteiger partial charge in [-0.05, 0) is 62.1 Å². The number of benzene rings is 1. The highest BCUT2D eigenvalue weighted by atomic mass is 35.5. The molecule has 5 atom stereocenters. The first-order valence-electron chi connectivity index (χ1n) is 12.8. The van der Waals surface area contributed by atoms with Crippen LogP contribution in [0.25, 0.3) is 10.9 Å². The fourth-order valence-corrected chi connectivity index (χ4v) is 6.66. The first-order valence-corrected chi connectivity index (χ1v) is 13.2. The van der Waals surface area contributed by atoms with Crippen molar-refractivity contribution in [2.24, 2.45) is 17.8 Å². The summed E-state index contributed by atoms with van der Waals surface area (Å²) in [5, 5.41) is 4.31. The Morgan fingerprint density at radius 2 is 2.03 bits per heavy atom. The molecule has 1 aromatic heterocycles. The smallest absolute Gasteiger partial charge is 0.271 e. The minimum Gasteiger partial charge on any atom is -0.350 e. The van der Waals surface area contributed by atoms with Crippen molar-refractivity contribution in [2.45, 2.75) is 70.4 Å². The van der Waals surface area contributed by atoms with E-state index in [1.54, 1.807) is 24.0 Å². The molecule has 2 N–H and O–H groups in total. The molecule has 1 aliphatic heterocycles. The quantitative estimate of drug-likeness (QED) is 0.596. The number of rotatable bonds is 7. The fourth-order valence-electron chi connectivity index (χ4n) is 6.43. The number of aromatic amines is 1. The number of Topliss-reactive ketones (excluding diaryl/α,β-unsaturated/α-hetero) is 2. The number of ketones is 2. The Hall–Kier alpha value is -2.67. The highest BCUT2D eigenvalue weighted by Crippen LogP contribution is 2.43. The van der Waals surface area contributed by atoms with Gasteiger partial charge in [-0.2, -0.15) is 0 Å². The van der Waals surface area contributed by atoms with E-state index in [0.717, 1.165) is 43.0 Å². The molecule has 186 valence electrons. The summed E-state index contributed by atoms with van der Waals surface area (Å²) in [7, 11) is 0. The Balaban J connectivity index is 1.39. The van der Waals surface area contributed by atoms with E-state index in [2.05, 4.69) is 10.3 Å². The Morgan fingerprint density at radius 3 is 2.74 bits per heavy atom. The molecule has 35 heavy (non-hydrogen) atoms. The number of likely N-dealkylation sites (tertiary alicyclic amines) is 1. The number of amides is 2. The van der Waals surface area contributed by atoms with Crippen LogP contribution in [0.4, 0.5) is 0 Å². The maximum atomic E-state index is 13.7. The molecule has 2 heterocycles. The SMILES string of the molecule is CCC(=O)C(CC1CCCC1=O)NC(=O)C1C2CCCC2CN1C(=O)c1cc2c(Cl)cccc2[nH]1. The van der Waals surface area contributed by atoms with Crippen molar-refractivity contribution in [1.82, 2.24) is 15.2 Å².